The molecule has 0 aliphatic carbocycles. The van der Waals surface area contributed by atoms with Gasteiger partial charge >= 0.3 is 0 Å². The van der Waals surface area contributed by atoms with Crippen LogP contribution < -0.4 is 5.32 Å². The summed E-state index contributed by atoms with van der Waals surface area (Å²) >= 11 is 0. The van der Waals surface area contributed by atoms with E-state index in [-0.39, 0.29) is 0 Å². The van der Waals surface area contributed by atoms with Crippen LogP contribution in [0.4, 0.5) is 0 Å². The first-order chi connectivity index (χ1) is 5.29. The molecule has 0 aromatic heterocycles. The molecule has 2 rings (SSSR count). The zero-order valence-corrected chi connectivity index (χ0v) is 7.13. The van der Waals surface area contributed by atoms with Gasteiger partial charge in [-0.3, -0.25) is 5.32 Å². The molecule has 0 bridgehead atoms. The molecule has 0 radical (unpaired) electrons. The predicted molar refractivity (Wildman–Crippen MR) is 44.2 cm³/mol. The maximum atomic E-state index is 5.45. The second-order valence-electron chi connectivity index (χ2n) is 3.58. The zero-order chi connectivity index (χ0) is 7.84. The Bertz CT molecular complexity index is 186. The van der Waals surface area contributed by atoms with E-state index < -0.39 is 0 Å². The fourth-order valence-corrected chi connectivity index (χ4v) is 1.67. The monoisotopic (exact) mass is 153 g/mol. The van der Waals surface area contributed by atoms with Crippen molar-refractivity contribution in [2.45, 2.75) is 32.6 Å². The van der Waals surface area contributed by atoms with Crippen molar-refractivity contribution in [1.82, 2.24) is 5.32 Å². The van der Waals surface area contributed by atoms with E-state index in [1.54, 1.807) is 0 Å². The van der Waals surface area contributed by atoms with E-state index in [2.05, 4.69) is 25.2 Å². The Morgan fingerprint density at radius 2 is 2.45 bits per heavy atom. The molecule has 2 nitrogen and oxygen atoms in total. The molecule has 2 aliphatic heterocycles. The third-order valence-corrected chi connectivity index (χ3v) is 2.36. The van der Waals surface area contributed by atoms with Gasteiger partial charge in [0, 0.05) is 6.54 Å². The smallest absolute Gasteiger partial charge is 0.139 e. The van der Waals surface area contributed by atoms with Gasteiger partial charge in [-0.05, 0) is 17.9 Å². The van der Waals surface area contributed by atoms with Gasteiger partial charge in [0.2, 0.25) is 0 Å². The van der Waals surface area contributed by atoms with Crippen molar-refractivity contribution in [3.8, 4) is 0 Å². The van der Waals surface area contributed by atoms with Crippen LogP contribution in [0.5, 0.6) is 0 Å². The number of epoxide rings is 1. The van der Waals surface area contributed by atoms with E-state index in [0.717, 1.165) is 13.0 Å². The summed E-state index contributed by atoms with van der Waals surface area (Å²) in [7, 11) is 0. The Morgan fingerprint density at radius 1 is 1.64 bits per heavy atom. The van der Waals surface area contributed by atoms with E-state index in [9.17, 15) is 0 Å². The summed E-state index contributed by atoms with van der Waals surface area (Å²) in [5.41, 5.74) is 1.49. The number of hydrogen-bond acceptors (Lipinski definition) is 2. The molecule has 0 spiro atoms. The van der Waals surface area contributed by atoms with E-state index in [0.29, 0.717) is 18.2 Å². The summed E-state index contributed by atoms with van der Waals surface area (Å²) in [5, 5.41) is 3.33. The molecule has 1 saturated heterocycles. The molecule has 2 heteroatoms. The van der Waals surface area contributed by atoms with Crippen LogP contribution in [0.25, 0.3) is 0 Å². The topological polar surface area (TPSA) is 24.6 Å². The normalized spacial score (nSPS) is 36.1. The summed E-state index contributed by atoms with van der Waals surface area (Å²) in [6, 6.07) is 0. The second kappa shape index (κ2) is 2.61. The molecule has 0 amide bonds. The van der Waals surface area contributed by atoms with E-state index in [4.69, 9.17) is 4.74 Å². The highest BCUT2D eigenvalue weighted by molar-refractivity contribution is 5.20. The van der Waals surface area contributed by atoms with Gasteiger partial charge < -0.3 is 4.74 Å². The molecule has 11 heavy (non-hydrogen) atoms. The molecular weight excluding hydrogens is 138 g/mol. The fraction of sp³-hybridized carbons (Fsp3) is 0.778. The van der Waals surface area contributed by atoms with Gasteiger partial charge in [-0.15, -0.1) is 0 Å². The SMILES string of the molecule is CC(C)C1=CCCN[C@H]2OC12. The van der Waals surface area contributed by atoms with Gasteiger partial charge in [-0.25, -0.2) is 0 Å². The summed E-state index contributed by atoms with van der Waals surface area (Å²) in [6.45, 7) is 5.53. The lowest BCUT2D eigenvalue weighted by Gasteiger charge is -2.06. The van der Waals surface area contributed by atoms with Crippen molar-refractivity contribution < 1.29 is 4.74 Å². The number of fused-ring (bicyclic) bond motifs is 1. The van der Waals surface area contributed by atoms with Crippen molar-refractivity contribution >= 4 is 0 Å². The van der Waals surface area contributed by atoms with Gasteiger partial charge in [0.1, 0.15) is 12.3 Å². The van der Waals surface area contributed by atoms with Crippen molar-refractivity contribution in [3.63, 3.8) is 0 Å². The highest BCUT2D eigenvalue weighted by Gasteiger charge is 2.42. The standard InChI is InChI=1S/C9H15NO/c1-6(2)7-4-3-5-10-9-8(7)11-9/h4,6,8-10H,3,5H2,1-2H3/t8?,9-/m0/s1. The molecule has 0 aromatic carbocycles. The van der Waals surface area contributed by atoms with Crippen molar-refractivity contribution in [2.24, 2.45) is 5.92 Å². The van der Waals surface area contributed by atoms with Crippen LogP contribution in [0.3, 0.4) is 0 Å². The van der Waals surface area contributed by atoms with Gasteiger partial charge in [0.25, 0.3) is 0 Å². The van der Waals surface area contributed by atoms with Crippen LogP contribution in [0, 0.1) is 5.92 Å². The lowest BCUT2D eigenvalue weighted by Crippen LogP contribution is -2.19. The Labute approximate surface area is 67.6 Å². The van der Waals surface area contributed by atoms with Crippen molar-refractivity contribution in [2.75, 3.05) is 6.54 Å². The predicted octanol–water partition coefficient (Wildman–Crippen LogP) is 1.29. The highest BCUT2D eigenvalue weighted by atomic mass is 16.6. The maximum absolute atomic E-state index is 5.45. The maximum Gasteiger partial charge on any atom is 0.139 e. The molecule has 0 saturated carbocycles. The first kappa shape index (κ1) is 7.32. The third-order valence-electron chi connectivity index (χ3n) is 2.36. The number of hydrogen-bond donors (Lipinski definition) is 1. The van der Waals surface area contributed by atoms with Crippen LogP contribution >= 0.6 is 0 Å². The molecular formula is C9H15NO. The quantitative estimate of drug-likeness (QED) is 0.453. The van der Waals surface area contributed by atoms with Gasteiger partial charge in [-0.1, -0.05) is 19.9 Å². The molecule has 2 heterocycles. The van der Waals surface area contributed by atoms with Crippen LogP contribution in [0.2, 0.25) is 0 Å². The molecule has 1 N–H and O–H groups in total. The molecule has 1 unspecified atom stereocenters. The zero-order valence-electron chi connectivity index (χ0n) is 7.13. The van der Waals surface area contributed by atoms with Crippen LogP contribution in [0.1, 0.15) is 20.3 Å². The fourth-order valence-electron chi connectivity index (χ4n) is 1.67. The lowest BCUT2D eigenvalue weighted by molar-refractivity contribution is 0.347. The van der Waals surface area contributed by atoms with E-state index in [1.807, 2.05) is 0 Å². The second-order valence-corrected chi connectivity index (χ2v) is 3.58. The van der Waals surface area contributed by atoms with E-state index in [1.165, 1.54) is 5.57 Å². The van der Waals surface area contributed by atoms with Crippen LogP contribution in [-0.2, 0) is 4.74 Å². The minimum absolute atomic E-state index is 0.339. The molecule has 0 aromatic rings. The average Bonchev–Trinajstić information content (AvgIpc) is 2.60. The first-order valence-corrected chi connectivity index (χ1v) is 4.38. The average molecular weight is 153 g/mol. The summed E-state index contributed by atoms with van der Waals surface area (Å²) < 4.78 is 5.45. The Morgan fingerprint density at radius 3 is 3.18 bits per heavy atom. The lowest BCUT2D eigenvalue weighted by atomic mass is 9.99. The molecule has 2 aliphatic rings. The van der Waals surface area contributed by atoms with E-state index >= 15 is 0 Å². The Hall–Kier alpha value is -0.340. The Balaban J connectivity index is 2.10. The van der Waals surface area contributed by atoms with Crippen molar-refractivity contribution in [3.05, 3.63) is 11.6 Å². The summed E-state index contributed by atoms with van der Waals surface area (Å²) in [5.74, 6) is 0.643. The molecule has 1 fully saturated rings. The first-order valence-electron chi connectivity index (χ1n) is 4.38. The highest BCUT2D eigenvalue weighted by Crippen LogP contribution is 2.33. The summed E-state index contributed by atoms with van der Waals surface area (Å²) in [4.78, 5) is 0. The molecule has 62 valence electrons. The summed E-state index contributed by atoms with van der Waals surface area (Å²) in [6.07, 6.45) is 4.22. The Kier molecular flexibility index (Phi) is 1.74. The van der Waals surface area contributed by atoms with Crippen LogP contribution in [-0.4, -0.2) is 18.9 Å². The van der Waals surface area contributed by atoms with Crippen LogP contribution in [0.15, 0.2) is 11.6 Å². The number of ether oxygens (including phenoxy) is 1. The largest absolute Gasteiger partial charge is 0.348 e. The molecule has 2 atom stereocenters. The van der Waals surface area contributed by atoms with Gasteiger partial charge in [0.05, 0.1) is 0 Å². The number of nitrogens with one attached hydrogen (secondary N) is 1. The minimum atomic E-state index is 0.339. The third kappa shape index (κ3) is 1.33. The van der Waals surface area contributed by atoms with Gasteiger partial charge in [-0.2, -0.15) is 0 Å². The van der Waals surface area contributed by atoms with Crippen molar-refractivity contribution in [1.29, 1.82) is 0 Å². The van der Waals surface area contributed by atoms with Gasteiger partial charge in [0.15, 0.2) is 0 Å². The minimum Gasteiger partial charge on any atom is -0.348 e. The number of rotatable bonds is 1.